The summed E-state index contributed by atoms with van der Waals surface area (Å²) in [5.41, 5.74) is 2.53. The molecule has 2 aliphatic heterocycles. The Morgan fingerprint density at radius 1 is 1.12 bits per heavy atom. The molecule has 33 heavy (non-hydrogen) atoms. The molecule has 0 spiro atoms. The number of halogens is 5. The second-order valence-electron chi connectivity index (χ2n) is 8.86. The van der Waals surface area contributed by atoms with E-state index in [0.29, 0.717) is 12.4 Å². The van der Waals surface area contributed by atoms with Crippen molar-refractivity contribution in [2.24, 2.45) is 0 Å². The number of piperazine rings is 1. The van der Waals surface area contributed by atoms with Crippen molar-refractivity contribution in [1.29, 1.82) is 0 Å². The molecule has 10 heteroatoms. The molecular weight excluding hydrogens is 474 g/mol. The van der Waals surface area contributed by atoms with Gasteiger partial charge in [0.15, 0.2) is 5.69 Å². The average molecular weight is 498 g/mol. The van der Waals surface area contributed by atoms with E-state index in [9.17, 15) is 13.2 Å². The van der Waals surface area contributed by atoms with E-state index in [2.05, 4.69) is 19.8 Å². The number of rotatable bonds is 3. The number of aromatic nitrogens is 2. The van der Waals surface area contributed by atoms with Crippen molar-refractivity contribution in [2.45, 2.75) is 25.2 Å². The van der Waals surface area contributed by atoms with Crippen LogP contribution in [-0.4, -0.2) is 65.6 Å². The van der Waals surface area contributed by atoms with Crippen molar-refractivity contribution in [3.63, 3.8) is 0 Å². The maximum atomic E-state index is 13.4. The molecule has 0 bridgehead atoms. The van der Waals surface area contributed by atoms with Crippen LogP contribution in [0.15, 0.2) is 30.3 Å². The Bertz CT molecular complexity index is 1180. The molecule has 1 fully saturated rings. The third kappa shape index (κ3) is 4.54. The van der Waals surface area contributed by atoms with Crippen LogP contribution in [0.5, 0.6) is 0 Å². The predicted octanol–water partition coefficient (Wildman–Crippen LogP) is 5.07. The number of aromatic amines is 1. The first kappa shape index (κ1) is 22.8. The number of hydrogen-bond acceptors (Lipinski definition) is 4. The molecule has 0 saturated carbocycles. The number of H-pyrrole nitrogens is 1. The summed E-state index contributed by atoms with van der Waals surface area (Å²) >= 11 is 12.0. The molecule has 1 atom stereocenters. The van der Waals surface area contributed by atoms with E-state index in [-0.39, 0.29) is 11.1 Å². The minimum Gasteiger partial charge on any atom is -0.357 e. The Balaban J connectivity index is 1.38. The standard InChI is InChI=1S/C23H24Cl2F3N5/c1-31-8-9-33(21-5-3-18(25)22(30-21)23(26,27)28)15(11-31)12-32-7-6-16-17-10-14(24)2-4-19(17)29-20(16)13-32/h2-5,10,15,29H,6-9,11-13H2,1H3. The molecule has 5 nitrogen and oxygen atoms in total. The molecule has 2 aliphatic rings. The summed E-state index contributed by atoms with van der Waals surface area (Å²) < 4.78 is 40.2. The van der Waals surface area contributed by atoms with E-state index in [1.807, 2.05) is 30.1 Å². The van der Waals surface area contributed by atoms with Crippen LogP contribution in [0.2, 0.25) is 10.0 Å². The van der Waals surface area contributed by atoms with Crippen molar-refractivity contribution >= 4 is 39.9 Å². The quantitative estimate of drug-likeness (QED) is 0.548. The van der Waals surface area contributed by atoms with Gasteiger partial charge >= 0.3 is 6.18 Å². The first-order chi connectivity index (χ1) is 15.7. The lowest BCUT2D eigenvalue weighted by Crippen LogP contribution is -2.57. The normalized spacial score (nSPS) is 20.4. The predicted molar refractivity (Wildman–Crippen MR) is 125 cm³/mol. The molecule has 0 aliphatic carbocycles. The van der Waals surface area contributed by atoms with Crippen LogP contribution in [0.1, 0.15) is 17.0 Å². The van der Waals surface area contributed by atoms with Gasteiger partial charge in [0.1, 0.15) is 5.82 Å². The molecule has 5 rings (SSSR count). The Kier molecular flexibility index (Phi) is 5.97. The summed E-state index contributed by atoms with van der Waals surface area (Å²) in [7, 11) is 2.04. The lowest BCUT2D eigenvalue weighted by atomic mass is 10.0. The molecule has 2 aromatic heterocycles. The van der Waals surface area contributed by atoms with Gasteiger partial charge in [0.2, 0.25) is 0 Å². The van der Waals surface area contributed by atoms with Crippen LogP contribution in [0, 0.1) is 0 Å². The van der Waals surface area contributed by atoms with Gasteiger partial charge in [-0.3, -0.25) is 4.90 Å². The molecule has 3 aromatic rings. The summed E-state index contributed by atoms with van der Waals surface area (Å²) in [6.07, 6.45) is -3.69. The van der Waals surface area contributed by atoms with Crippen molar-refractivity contribution in [3.8, 4) is 0 Å². The largest absolute Gasteiger partial charge is 0.434 e. The minimum absolute atomic E-state index is 0.0129. The highest BCUT2D eigenvalue weighted by molar-refractivity contribution is 6.31. The molecule has 1 N–H and O–H groups in total. The lowest BCUT2D eigenvalue weighted by Gasteiger charge is -2.43. The first-order valence-corrected chi connectivity index (χ1v) is 11.6. The zero-order valence-corrected chi connectivity index (χ0v) is 19.6. The van der Waals surface area contributed by atoms with Crippen molar-refractivity contribution in [2.75, 3.05) is 44.7 Å². The van der Waals surface area contributed by atoms with Crippen molar-refractivity contribution < 1.29 is 13.2 Å². The maximum absolute atomic E-state index is 13.4. The zero-order valence-electron chi connectivity index (χ0n) is 18.1. The van der Waals surface area contributed by atoms with E-state index in [1.54, 1.807) is 6.07 Å². The number of pyridine rings is 1. The lowest BCUT2D eigenvalue weighted by molar-refractivity contribution is -0.141. The number of anilines is 1. The van der Waals surface area contributed by atoms with Gasteiger partial charge in [0.05, 0.1) is 11.1 Å². The van der Waals surface area contributed by atoms with Crippen molar-refractivity contribution in [1.82, 2.24) is 19.8 Å². The molecule has 1 saturated heterocycles. The fourth-order valence-corrected chi connectivity index (χ4v) is 5.37. The topological polar surface area (TPSA) is 38.4 Å². The van der Waals surface area contributed by atoms with Gasteiger partial charge in [-0.25, -0.2) is 4.98 Å². The SMILES string of the molecule is CN1CCN(c2ccc(Cl)c(C(F)(F)F)n2)C(CN2CCc3c([nH]c4ccc(Cl)cc34)C2)C1. The number of fused-ring (bicyclic) bond motifs is 3. The monoisotopic (exact) mass is 497 g/mol. The van der Waals surface area contributed by atoms with Gasteiger partial charge in [-0.15, -0.1) is 0 Å². The van der Waals surface area contributed by atoms with E-state index in [1.165, 1.54) is 22.7 Å². The molecule has 1 aromatic carbocycles. The zero-order chi connectivity index (χ0) is 23.3. The number of hydrogen-bond donors (Lipinski definition) is 1. The van der Waals surface area contributed by atoms with Gasteiger partial charge in [0, 0.05) is 60.9 Å². The van der Waals surface area contributed by atoms with E-state index in [0.717, 1.165) is 49.7 Å². The smallest absolute Gasteiger partial charge is 0.357 e. The Morgan fingerprint density at radius 3 is 2.73 bits per heavy atom. The first-order valence-electron chi connectivity index (χ1n) is 10.9. The highest BCUT2D eigenvalue weighted by Crippen LogP contribution is 2.35. The Morgan fingerprint density at radius 2 is 1.94 bits per heavy atom. The third-order valence-electron chi connectivity index (χ3n) is 6.57. The summed E-state index contributed by atoms with van der Waals surface area (Å²) in [5.74, 6) is 0.322. The van der Waals surface area contributed by atoms with Gasteiger partial charge in [-0.2, -0.15) is 13.2 Å². The highest BCUT2D eigenvalue weighted by Gasteiger charge is 2.37. The van der Waals surface area contributed by atoms with E-state index in [4.69, 9.17) is 23.2 Å². The molecule has 176 valence electrons. The molecule has 1 unspecified atom stereocenters. The van der Waals surface area contributed by atoms with E-state index >= 15 is 0 Å². The van der Waals surface area contributed by atoms with Crippen LogP contribution >= 0.6 is 23.2 Å². The van der Waals surface area contributed by atoms with Gasteiger partial charge in [0.25, 0.3) is 0 Å². The fourth-order valence-electron chi connectivity index (χ4n) is 4.98. The summed E-state index contributed by atoms with van der Waals surface area (Å²) in [5, 5.41) is 1.52. The van der Waals surface area contributed by atoms with Crippen molar-refractivity contribution in [3.05, 3.63) is 57.3 Å². The van der Waals surface area contributed by atoms with Crippen LogP contribution in [-0.2, 0) is 19.1 Å². The van der Waals surface area contributed by atoms with Crippen LogP contribution in [0.25, 0.3) is 10.9 Å². The molecular formula is C23H24Cl2F3N5. The number of nitrogens with one attached hydrogen (secondary N) is 1. The average Bonchev–Trinajstić information content (AvgIpc) is 3.10. The van der Waals surface area contributed by atoms with Gasteiger partial charge < -0.3 is 14.8 Å². The number of benzene rings is 1. The summed E-state index contributed by atoms with van der Waals surface area (Å²) in [6, 6.07) is 8.79. The van der Waals surface area contributed by atoms with Gasteiger partial charge in [-0.1, -0.05) is 23.2 Å². The molecule has 0 amide bonds. The van der Waals surface area contributed by atoms with Crippen LogP contribution < -0.4 is 4.90 Å². The van der Waals surface area contributed by atoms with Crippen LogP contribution in [0.3, 0.4) is 0 Å². The Hall–Kier alpha value is -2.00. The number of nitrogens with zero attached hydrogens (tertiary/aromatic N) is 4. The molecule has 4 heterocycles. The van der Waals surface area contributed by atoms with E-state index < -0.39 is 11.9 Å². The fraction of sp³-hybridized carbons (Fsp3) is 0.435. The number of likely N-dealkylation sites (N-methyl/N-ethyl adjacent to an activating group) is 1. The minimum atomic E-state index is -4.59. The Labute approximate surface area is 200 Å². The van der Waals surface area contributed by atoms with Crippen LogP contribution in [0.4, 0.5) is 19.0 Å². The second-order valence-corrected chi connectivity index (χ2v) is 9.71. The third-order valence-corrected chi connectivity index (χ3v) is 7.11. The second kappa shape index (κ2) is 8.65. The summed E-state index contributed by atoms with van der Waals surface area (Å²) in [4.78, 5) is 14.0. The molecule has 0 radical (unpaired) electrons. The van der Waals surface area contributed by atoms with Gasteiger partial charge in [-0.05, 0) is 49.4 Å². The number of alkyl halides is 3. The maximum Gasteiger partial charge on any atom is 0.434 e. The summed E-state index contributed by atoms with van der Waals surface area (Å²) in [6.45, 7) is 4.48. The highest BCUT2D eigenvalue weighted by atomic mass is 35.5.